The maximum absolute atomic E-state index is 13.2. The van der Waals surface area contributed by atoms with Gasteiger partial charge in [0, 0.05) is 42.1 Å². The normalized spacial score (nSPS) is 16.8. The first kappa shape index (κ1) is 21.0. The molecule has 3 aromatic rings. The van der Waals surface area contributed by atoms with Crippen LogP contribution in [-0.2, 0) is 17.5 Å². The molecule has 156 valence electrons. The summed E-state index contributed by atoms with van der Waals surface area (Å²) in [5.74, 6) is -0.692. The summed E-state index contributed by atoms with van der Waals surface area (Å²) in [4.78, 5) is 29.9. The topological polar surface area (TPSA) is 79.4 Å². The van der Waals surface area contributed by atoms with Crippen molar-refractivity contribution in [2.75, 3.05) is 11.4 Å². The van der Waals surface area contributed by atoms with Gasteiger partial charge in [-0.25, -0.2) is 4.21 Å². The third-order valence-corrected chi connectivity index (χ3v) is 6.43. The molecular weight excluding hydrogens is 434 g/mol. The van der Waals surface area contributed by atoms with Crippen LogP contribution in [0.25, 0.3) is 6.08 Å². The molecule has 0 fully saturated rings. The number of rotatable bonds is 4. The Morgan fingerprint density at radius 1 is 1.19 bits per heavy atom. The van der Waals surface area contributed by atoms with Gasteiger partial charge < -0.3 is 5.32 Å². The summed E-state index contributed by atoms with van der Waals surface area (Å²) in [6.45, 7) is 0.321. The first-order valence-corrected chi connectivity index (χ1v) is 10.9. The highest BCUT2D eigenvalue weighted by atomic mass is 35.5. The molecule has 8 heteroatoms. The number of carbonyl (C=O) groups excluding carboxylic acids is 2. The number of aromatic nitrogens is 1. The van der Waals surface area contributed by atoms with Crippen LogP contribution in [-0.4, -0.2) is 27.9 Å². The van der Waals surface area contributed by atoms with Crippen LogP contribution in [0.2, 0.25) is 5.02 Å². The van der Waals surface area contributed by atoms with Gasteiger partial charge in [-0.05, 0) is 53.6 Å². The number of hydrogen-bond acceptors (Lipinski definition) is 4. The molecule has 0 aliphatic carbocycles. The number of nitrogens with one attached hydrogen (secondary N) is 1. The van der Waals surface area contributed by atoms with Gasteiger partial charge in [0.25, 0.3) is 5.91 Å². The van der Waals surface area contributed by atoms with Crippen LogP contribution < -0.4 is 9.62 Å². The Balaban J connectivity index is 1.63. The standard InChI is InChI=1S/C23H18ClN3O3S/c1-27-20-8-7-17(23(29)26-14-16-5-3-9-25-13-16)12-19(20)22(28)21(31(27)30)11-15-4-2-6-18(24)10-15/h2-13H,14H2,1H3,(H,26,29)/b21-11+. The second kappa shape index (κ2) is 8.83. The largest absolute Gasteiger partial charge is 0.348 e. The zero-order valence-electron chi connectivity index (χ0n) is 16.5. The average molecular weight is 452 g/mol. The van der Waals surface area contributed by atoms with Gasteiger partial charge in [-0.2, -0.15) is 0 Å². The first-order valence-electron chi connectivity index (χ1n) is 9.43. The molecule has 31 heavy (non-hydrogen) atoms. The number of amides is 1. The van der Waals surface area contributed by atoms with Gasteiger partial charge in [-0.15, -0.1) is 0 Å². The Morgan fingerprint density at radius 2 is 2.03 bits per heavy atom. The highest BCUT2D eigenvalue weighted by Gasteiger charge is 2.32. The molecule has 0 saturated carbocycles. The molecule has 1 aliphatic rings. The van der Waals surface area contributed by atoms with E-state index < -0.39 is 11.0 Å². The summed E-state index contributed by atoms with van der Waals surface area (Å²) in [5.41, 5.74) is 2.72. The highest BCUT2D eigenvalue weighted by Crippen LogP contribution is 2.33. The van der Waals surface area contributed by atoms with Gasteiger partial charge in [-0.3, -0.25) is 18.9 Å². The molecule has 6 nitrogen and oxygen atoms in total. The smallest absolute Gasteiger partial charge is 0.251 e. The monoisotopic (exact) mass is 451 g/mol. The number of halogens is 1. The minimum absolute atomic E-state index is 0.130. The van der Waals surface area contributed by atoms with Gasteiger partial charge in [0.05, 0.1) is 5.69 Å². The number of carbonyl (C=O) groups is 2. The summed E-state index contributed by atoms with van der Waals surface area (Å²) >= 11 is 6.03. The Labute approximate surface area is 187 Å². The molecule has 1 N–H and O–H groups in total. The molecule has 0 saturated heterocycles. The van der Waals surface area contributed by atoms with Crippen LogP contribution in [0.3, 0.4) is 0 Å². The Bertz CT molecular complexity index is 1230. The maximum atomic E-state index is 13.2. The summed E-state index contributed by atoms with van der Waals surface area (Å²) in [6, 6.07) is 15.4. The third-order valence-electron chi connectivity index (χ3n) is 4.83. The minimum Gasteiger partial charge on any atom is -0.348 e. The molecule has 2 heterocycles. The Kier molecular flexibility index (Phi) is 5.97. The number of Topliss-reactive ketones (excluding diaryl/α,β-unsaturated/α-hetero) is 1. The average Bonchev–Trinajstić information content (AvgIpc) is 2.79. The van der Waals surface area contributed by atoms with E-state index in [-0.39, 0.29) is 16.6 Å². The lowest BCUT2D eigenvalue weighted by atomic mass is 10.0. The van der Waals surface area contributed by atoms with E-state index in [0.29, 0.717) is 33.9 Å². The number of hydrogen-bond donors (Lipinski definition) is 1. The molecule has 1 aromatic heterocycles. The van der Waals surface area contributed by atoms with Crippen molar-refractivity contribution in [1.82, 2.24) is 10.3 Å². The zero-order valence-corrected chi connectivity index (χ0v) is 18.1. The third kappa shape index (κ3) is 4.42. The van der Waals surface area contributed by atoms with Gasteiger partial charge >= 0.3 is 0 Å². The summed E-state index contributed by atoms with van der Waals surface area (Å²) < 4.78 is 14.4. The van der Waals surface area contributed by atoms with Gasteiger partial charge in [0.2, 0.25) is 5.78 Å². The molecule has 1 unspecified atom stereocenters. The fourth-order valence-corrected chi connectivity index (χ4v) is 4.57. The number of fused-ring (bicyclic) bond motifs is 1. The maximum Gasteiger partial charge on any atom is 0.251 e. The lowest BCUT2D eigenvalue weighted by Gasteiger charge is -2.27. The van der Waals surface area contributed by atoms with E-state index in [1.165, 1.54) is 10.4 Å². The predicted octanol–water partition coefficient (Wildman–Crippen LogP) is 4.00. The number of benzene rings is 2. The number of ketones is 1. The van der Waals surface area contributed by atoms with Crippen molar-refractivity contribution in [2.24, 2.45) is 0 Å². The molecule has 0 bridgehead atoms. The van der Waals surface area contributed by atoms with E-state index >= 15 is 0 Å². The molecule has 0 spiro atoms. The second-order valence-corrected chi connectivity index (χ2v) is 8.84. The van der Waals surface area contributed by atoms with Crippen molar-refractivity contribution in [1.29, 1.82) is 0 Å². The van der Waals surface area contributed by atoms with Crippen molar-refractivity contribution < 1.29 is 13.8 Å². The molecule has 2 aromatic carbocycles. The molecule has 0 radical (unpaired) electrons. The van der Waals surface area contributed by atoms with E-state index in [9.17, 15) is 13.8 Å². The Hall–Kier alpha value is -3.29. The lowest BCUT2D eigenvalue weighted by molar-refractivity contribution is 0.0951. The van der Waals surface area contributed by atoms with E-state index in [1.54, 1.807) is 68.0 Å². The summed E-state index contributed by atoms with van der Waals surface area (Å²) in [5, 5.41) is 3.34. The van der Waals surface area contributed by atoms with Crippen molar-refractivity contribution >= 4 is 46.0 Å². The fraction of sp³-hybridized carbons (Fsp3) is 0.0870. The van der Waals surface area contributed by atoms with E-state index in [0.717, 1.165) is 5.56 Å². The number of anilines is 1. The van der Waals surface area contributed by atoms with Crippen LogP contribution in [0.15, 0.2) is 71.9 Å². The number of allylic oxidation sites excluding steroid dienone is 1. The number of nitrogens with zero attached hydrogens (tertiary/aromatic N) is 2. The van der Waals surface area contributed by atoms with Crippen molar-refractivity contribution in [3.8, 4) is 0 Å². The molecule has 1 atom stereocenters. The quantitative estimate of drug-likeness (QED) is 0.608. The number of pyridine rings is 1. The second-order valence-electron chi connectivity index (χ2n) is 6.92. The lowest BCUT2D eigenvalue weighted by Crippen LogP contribution is -2.32. The zero-order chi connectivity index (χ0) is 22.0. The molecule has 4 rings (SSSR count). The van der Waals surface area contributed by atoms with Gasteiger partial charge in [0.15, 0.2) is 11.0 Å². The van der Waals surface area contributed by atoms with E-state index in [1.807, 2.05) is 6.07 Å². The van der Waals surface area contributed by atoms with E-state index in [4.69, 9.17) is 11.6 Å². The predicted molar refractivity (Wildman–Crippen MR) is 122 cm³/mol. The highest BCUT2D eigenvalue weighted by molar-refractivity contribution is 7.91. The first-order chi connectivity index (χ1) is 14.9. The minimum atomic E-state index is -1.67. The van der Waals surface area contributed by atoms with E-state index in [2.05, 4.69) is 10.3 Å². The van der Waals surface area contributed by atoms with Gasteiger partial charge in [0.1, 0.15) is 4.91 Å². The van der Waals surface area contributed by atoms with Crippen LogP contribution in [0, 0.1) is 0 Å². The van der Waals surface area contributed by atoms with Crippen molar-refractivity contribution in [2.45, 2.75) is 6.54 Å². The van der Waals surface area contributed by atoms with Crippen LogP contribution in [0.4, 0.5) is 5.69 Å². The van der Waals surface area contributed by atoms with Crippen molar-refractivity contribution in [3.05, 3.63) is 99.2 Å². The van der Waals surface area contributed by atoms with Crippen LogP contribution >= 0.6 is 11.6 Å². The molecule has 1 aliphatic heterocycles. The Morgan fingerprint density at radius 3 is 2.77 bits per heavy atom. The SMILES string of the molecule is CN1c2ccc(C(=O)NCc3cccnc3)cc2C(=O)/C(=C\c2cccc(Cl)c2)S1=O. The summed E-state index contributed by atoms with van der Waals surface area (Å²) in [6.07, 6.45) is 4.90. The van der Waals surface area contributed by atoms with Crippen LogP contribution in [0.5, 0.6) is 0 Å². The summed E-state index contributed by atoms with van der Waals surface area (Å²) in [7, 11) is -0.0245. The fourth-order valence-electron chi connectivity index (χ4n) is 3.23. The molecular formula is C23H18ClN3O3S. The van der Waals surface area contributed by atoms with Crippen LogP contribution in [0.1, 0.15) is 31.8 Å². The molecule has 1 amide bonds. The van der Waals surface area contributed by atoms with Crippen molar-refractivity contribution in [3.63, 3.8) is 0 Å². The van der Waals surface area contributed by atoms with Gasteiger partial charge in [-0.1, -0.05) is 29.8 Å².